The summed E-state index contributed by atoms with van der Waals surface area (Å²) in [6.07, 6.45) is 0.991. The van der Waals surface area contributed by atoms with Crippen molar-refractivity contribution >= 4 is 23.6 Å². The second-order valence-electron chi connectivity index (χ2n) is 5.05. The minimum Gasteiger partial charge on any atom is -0.342 e. The molecule has 1 fully saturated rings. The van der Waals surface area contributed by atoms with Gasteiger partial charge in [0.05, 0.1) is 11.6 Å². The van der Waals surface area contributed by atoms with Crippen molar-refractivity contribution in [3.05, 3.63) is 0 Å². The van der Waals surface area contributed by atoms with Crippen molar-refractivity contribution in [1.29, 1.82) is 0 Å². The average molecular weight is 258 g/mol. The Morgan fingerprint density at radius 2 is 2.12 bits per heavy atom. The van der Waals surface area contributed by atoms with Gasteiger partial charge >= 0.3 is 0 Å². The standard InChI is InChI=1S/C12H22N2O2S/c1-9(2)5-10(3)13(4)11(15)6-14-8-17-7-12(14)16/h9-10H,5-8H2,1-4H3. The molecule has 1 aliphatic rings. The van der Waals surface area contributed by atoms with Crippen LogP contribution in [0.1, 0.15) is 27.2 Å². The van der Waals surface area contributed by atoms with E-state index in [-0.39, 0.29) is 24.4 Å². The summed E-state index contributed by atoms with van der Waals surface area (Å²) in [7, 11) is 1.82. The molecule has 2 amide bonds. The van der Waals surface area contributed by atoms with E-state index in [0.717, 1.165) is 6.42 Å². The van der Waals surface area contributed by atoms with Crippen LogP contribution in [-0.2, 0) is 9.59 Å². The van der Waals surface area contributed by atoms with Gasteiger partial charge in [0.2, 0.25) is 11.8 Å². The van der Waals surface area contributed by atoms with Crippen LogP contribution >= 0.6 is 11.8 Å². The van der Waals surface area contributed by atoms with E-state index in [1.807, 2.05) is 7.05 Å². The third-order valence-electron chi connectivity index (χ3n) is 3.02. The summed E-state index contributed by atoms with van der Waals surface area (Å²) in [5.41, 5.74) is 0. The van der Waals surface area contributed by atoms with E-state index < -0.39 is 0 Å². The van der Waals surface area contributed by atoms with Crippen molar-refractivity contribution in [2.75, 3.05) is 25.2 Å². The molecule has 0 spiro atoms. The molecule has 1 heterocycles. The molecule has 0 bridgehead atoms. The van der Waals surface area contributed by atoms with Gasteiger partial charge in [-0.3, -0.25) is 9.59 Å². The number of carbonyl (C=O) groups excluding carboxylic acids is 2. The van der Waals surface area contributed by atoms with Crippen LogP contribution in [0.25, 0.3) is 0 Å². The van der Waals surface area contributed by atoms with Gasteiger partial charge in [0.1, 0.15) is 6.54 Å². The molecule has 1 unspecified atom stereocenters. The van der Waals surface area contributed by atoms with Gasteiger partial charge in [0.25, 0.3) is 0 Å². The van der Waals surface area contributed by atoms with Crippen LogP contribution in [0.15, 0.2) is 0 Å². The van der Waals surface area contributed by atoms with E-state index in [4.69, 9.17) is 0 Å². The number of nitrogens with zero attached hydrogens (tertiary/aromatic N) is 2. The Kier molecular flexibility index (Phi) is 5.31. The summed E-state index contributed by atoms with van der Waals surface area (Å²) in [4.78, 5) is 26.8. The lowest BCUT2D eigenvalue weighted by Gasteiger charge is -2.28. The number of hydrogen-bond donors (Lipinski definition) is 0. The third-order valence-corrected chi connectivity index (χ3v) is 3.96. The SMILES string of the molecule is CC(C)CC(C)N(C)C(=O)CN1CSCC1=O. The minimum absolute atomic E-state index is 0.0361. The van der Waals surface area contributed by atoms with Gasteiger partial charge in [-0.1, -0.05) is 13.8 Å². The summed E-state index contributed by atoms with van der Waals surface area (Å²) >= 11 is 1.57. The first kappa shape index (κ1) is 14.4. The largest absolute Gasteiger partial charge is 0.342 e. The number of rotatable bonds is 5. The molecule has 0 aromatic rings. The minimum atomic E-state index is 0.0361. The number of thioether (sulfide) groups is 1. The maximum atomic E-state index is 12.0. The first-order valence-corrected chi connectivity index (χ1v) is 7.18. The van der Waals surface area contributed by atoms with Gasteiger partial charge in [-0.15, -0.1) is 11.8 Å². The van der Waals surface area contributed by atoms with Gasteiger partial charge in [0, 0.05) is 13.1 Å². The van der Waals surface area contributed by atoms with Crippen LogP contribution in [0.5, 0.6) is 0 Å². The summed E-state index contributed by atoms with van der Waals surface area (Å²) in [5, 5.41) is 0. The molecule has 98 valence electrons. The highest BCUT2D eigenvalue weighted by Crippen LogP contribution is 2.15. The quantitative estimate of drug-likeness (QED) is 0.748. The van der Waals surface area contributed by atoms with Gasteiger partial charge in [-0.05, 0) is 19.3 Å². The van der Waals surface area contributed by atoms with Gasteiger partial charge in [-0.2, -0.15) is 0 Å². The fraction of sp³-hybridized carbons (Fsp3) is 0.833. The van der Waals surface area contributed by atoms with E-state index >= 15 is 0 Å². The highest BCUT2D eigenvalue weighted by molar-refractivity contribution is 8.00. The van der Waals surface area contributed by atoms with Crippen LogP contribution in [-0.4, -0.2) is 52.9 Å². The highest BCUT2D eigenvalue weighted by atomic mass is 32.2. The Morgan fingerprint density at radius 3 is 2.59 bits per heavy atom. The molecule has 0 aliphatic carbocycles. The Balaban J connectivity index is 2.43. The van der Waals surface area contributed by atoms with Crippen LogP contribution < -0.4 is 0 Å². The molecule has 5 heteroatoms. The van der Waals surface area contributed by atoms with E-state index in [1.54, 1.807) is 21.6 Å². The monoisotopic (exact) mass is 258 g/mol. The summed E-state index contributed by atoms with van der Waals surface area (Å²) < 4.78 is 0. The molecular weight excluding hydrogens is 236 g/mol. The number of amides is 2. The molecule has 0 N–H and O–H groups in total. The van der Waals surface area contributed by atoms with Gasteiger partial charge in [0.15, 0.2) is 0 Å². The van der Waals surface area contributed by atoms with Crippen molar-refractivity contribution in [3.8, 4) is 0 Å². The summed E-state index contributed by atoms with van der Waals surface area (Å²) in [6.45, 7) is 6.58. The molecular formula is C12H22N2O2S. The van der Waals surface area contributed by atoms with Gasteiger partial charge < -0.3 is 9.80 Å². The van der Waals surface area contributed by atoms with Crippen LogP contribution in [0.2, 0.25) is 0 Å². The Bertz CT molecular complexity index is 294. The van der Waals surface area contributed by atoms with Crippen molar-refractivity contribution in [2.24, 2.45) is 5.92 Å². The van der Waals surface area contributed by atoms with E-state index in [1.165, 1.54) is 0 Å². The van der Waals surface area contributed by atoms with Crippen molar-refractivity contribution in [3.63, 3.8) is 0 Å². The van der Waals surface area contributed by atoms with Crippen molar-refractivity contribution < 1.29 is 9.59 Å². The van der Waals surface area contributed by atoms with E-state index in [0.29, 0.717) is 17.5 Å². The first-order chi connectivity index (χ1) is 7.91. The lowest BCUT2D eigenvalue weighted by Crippen LogP contribution is -2.43. The first-order valence-electron chi connectivity index (χ1n) is 6.03. The molecule has 17 heavy (non-hydrogen) atoms. The smallest absolute Gasteiger partial charge is 0.242 e. The maximum absolute atomic E-state index is 12.0. The Labute approximate surface area is 108 Å². The second-order valence-corrected chi connectivity index (χ2v) is 6.01. The zero-order valence-corrected chi connectivity index (χ0v) is 11.9. The lowest BCUT2D eigenvalue weighted by molar-refractivity contribution is -0.138. The van der Waals surface area contributed by atoms with Crippen LogP contribution in [0, 0.1) is 5.92 Å². The van der Waals surface area contributed by atoms with Gasteiger partial charge in [-0.25, -0.2) is 0 Å². The maximum Gasteiger partial charge on any atom is 0.242 e. The number of carbonyl (C=O) groups is 2. The average Bonchev–Trinajstić information content (AvgIpc) is 2.62. The molecule has 0 aromatic heterocycles. The molecule has 0 aromatic carbocycles. The van der Waals surface area contributed by atoms with Crippen molar-refractivity contribution in [1.82, 2.24) is 9.80 Å². The van der Waals surface area contributed by atoms with Crippen LogP contribution in [0.3, 0.4) is 0 Å². The lowest BCUT2D eigenvalue weighted by atomic mass is 10.0. The molecule has 1 saturated heterocycles. The molecule has 4 nitrogen and oxygen atoms in total. The number of likely N-dealkylation sites (N-methyl/N-ethyl adjacent to an activating group) is 1. The Hall–Kier alpha value is -0.710. The van der Waals surface area contributed by atoms with Crippen LogP contribution in [0.4, 0.5) is 0 Å². The molecule has 1 atom stereocenters. The second kappa shape index (κ2) is 6.28. The van der Waals surface area contributed by atoms with Crippen molar-refractivity contribution in [2.45, 2.75) is 33.2 Å². The topological polar surface area (TPSA) is 40.6 Å². The third kappa shape index (κ3) is 4.22. The van der Waals surface area contributed by atoms with E-state index in [2.05, 4.69) is 20.8 Å². The zero-order valence-electron chi connectivity index (χ0n) is 11.1. The summed E-state index contributed by atoms with van der Waals surface area (Å²) in [5.74, 6) is 1.85. The predicted octanol–water partition coefficient (Wildman–Crippen LogP) is 1.41. The number of hydrogen-bond acceptors (Lipinski definition) is 3. The normalized spacial score (nSPS) is 17.7. The highest BCUT2D eigenvalue weighted by Gasteiger charge is 2.25. The molecule has 0 saturated carbocycles. The fourth-order valence-corrected chi connectivity index (χ4v) is 2.81. The Morgan fingerprint density at radius 1 is 1.47 bits per heavy atom. The fourth-order valence-electron chi connectivity index (χ4n) is 1.90. The van der Waals surface area contributed by atoms with E-state index in [9.17, 15) is 9.59 Å². The molecule has 1 aliphatic heterocycles. The zero-order chi connectivity index (χ0) is 13.0. The predicted molar refractivity (Wildman–Crippen MR) is 70.7 cm³/mol. The molecule has 1 rings (SSSR count). The molecule has 0 radical (unpaired) electrons. The summed E-state index contributed by atoms with van der Waals surface area (Å²) in [6, 6.07) is 0.229.